The van der Waals surface area contributed by atoms with Crippen molar-refractivity contribution in [1.29, 1.82) is 0 Å². The highest BCUT2D eigenvalue weighted by Gasteiger charge is 2.30. The van der Waals surface area contributed by atoms with E-state index in [0.29, 0.717) is 13.1 Å². The molecule has 0 bridgehead atoms. The second-order valence-corrected chi connectivity index (χ2v) is 8.70. The number of sulfonamides is 1. The summed E-state index contributed by atoms with van der Waals surface area (Å²) >= 11 is 0. The van der Waals surface area contributed by atoms with Crippen LogP contribution in [-0.2, 0) is 16.6 Å². The van der Waals surface area contributed by atoms with Gasteiger partial charge in [0.05, 0.1) is 12.8 Å². The zero-order valence-electron chi connectivity index (χ0n) is 16.4. The monoisotopic (exact) mass is 406 g/mol. The number of amides is 1. The Morgan fingerprint density at radius 1 is 1.29 bits per heavy atom. The van der Waals surface area contributed by atoms with Gasteiger partial charge in [0, 0.05) is 30.4 Å². The summed E-state index contributed by atoms with van der Waals surface area (Å²) in [6.45, 7) is 5.10. The van der Waals surface area contributed by atoms with Crippen molar-refractivity contribution in [3.8, 4) is 5.75 Å². The van der Waals surface area contributed by atoms with Gasteiger partial charge in [-0.25, -0.2) is 13.1 Å². The molecular weight excluding hydrogens is 380 g/mol. The summed E-state index contributed by atoms with van der Waals surface area (Å²) < 4.78 is 34.8. The van der Waals surface area contributed by atoms with Gasteiger partial charge in [-0.05, 0) is 57.4 Å². The summed E-state index contributed by atoms with van der Waals surface area (Å²) in [5.74, 6) is -0.104. The van der Waals surface area contributed by atoms with Gasteiger partial charge in [0.25, 0.3) is 5.91 Å². The van der Waals surface area contributed by atoms with Crippen molar-refractivity contribution in [2.24, 2.45) is 0 Å². The summed E-state index contributed by atoms with van der Waals surface area (Å²) in [5.41, 5.74) is 2.33. The molecule has 1 aliphatic rings. The number of aryl methyl sites for hydroxylation is 3. The molecule has 2 aromatic rings. The fraction of sp³-hybridized carbons (Fsp3) is 0.474. The first-order chi connectivity index (χ1) is 13.3. The van der Waals surface area contributed by atoms with Crippen molar-refractivity contribution < 1.29 is 17.9 Å². The first-order valence-corrected chi connectivity index (χ1v) is 10.8. The Kier molecular flexibility index (Phi) is 6.04. The number of aromatic nitrogens is 2. The molecule has 1 aromatic heterocycles. The third kappa shape index (κ3) is 4.90. The summed E-state index contributed by atoms with van der Waals surface area (Å²) in [6.07, 6.45) is 2.38. The molecule has 1 heterocycles. The molecule has 0 radical (unpaired) electrons. The van der Waals surface area contributed by atoms with E-state index in [1.54, 1.807) is 6.07 Å². The topological polar surface area (TPSA) is 102 Å². The quantitative estimate of drug-likeness (QED) is 0.618. The molecule has 1 saturated carbocycles. The van der Waals surface area contributed by atoms with Gasteiger partial charge < -0.3 is 10.1 Å². The van der Waals surface area contributed by atoms with Crippen molar-refractivity contribution >= 4 is 15.9 Å². The number of nitrogens with one attached hydrogen (secondary N) is 2. The second kappa shape index (κ2) is 8.32. The van der Waals surface area contributed by atoms with Gasteiger partial charge in [-0.2, -0.15) is 5.10 Å². The van der Waals surface area contributed by atoms with Gasteiger partial charge in [0.2, 0.25) is 10.0 Å². The van der Waals surface area contributed by atoms with Crippen molar-refractivity contribution in [1.82, 2.24) is 19.8 Å². The maximum atomic E-state index is 12.6. The van der Waals surface area contributed by atoms with E-state index in [4.69, 9.17) is 4.74 Å². The predicted octanol–water partition coefficient (Wildman–Crippen LogP) is 1.77. The molecule has 9 heteroatoms. The minimum Gasteiger partial charge on any atom is -0.495 e. The fourth-order valence-corrected chi connectivity index (χ4v) is 4.45. The van der Waals surface area contributed by atoms with Crippen LogP contribution in [0.2, 0.25) is 0 Å². The van der Waals surface area contributed by atoms with E-state index in [9.17, 15) is 13.2 Å². The number of nitrogens with zero attached hydrogens (tertiary/aromatic N) is 2. The molecule has 8 nitrogen and oxygen atoms in total. The van der Waals surface area contributed by atoms with Crippen LogP contribution in [0.15, 0.2) is 29.2 Å². The molecule has 0 aliphatic heterocycles. The number of ether oxygens (including phenoxy) is 1. The lowest BCUT2D eigenvalue weighted by atomic mass is 10.2. The highest BCUT2D eigenvalue weighted by Crippen LogP contribution is 2.28. The van der Waals surface area contributed by atoms with E-state index < -0.39 is 10.0 Å². The van der Waals surface area contributed by atoms with E-state index in [1.165, 1.54) is 19.2 Å². The number of rotatable bonds is 9. The van der Waals surface area contributed by atoms with Gasteiger partial charge in [0.15, 0.2) is 0 Å². The Hall–Kier alpha value is -2.39. The average Bonchev–Trinajstić information content (AvgIpc) is 3.40. The number of benzene rings is 1. The molecule has 0 saturated heterocycles. The van der Waals surface area contributed by atoms with E-state index in [1.807, 2.05) is 24.6 Å². The number of hydrogen-bond acceptors (Lipinski definition) is 5. The van der Waals surface area contributed by atoms with Crippen molar-refractivity contribution in [3.63, 3.8) is 0 Å². The minimum atomic E-state index is -3.73. The zero-order chi connectivity index (χ0) is 20.3. The molecule has 2 N–H and O–H groups in total. The van der Waals surface area contributed by atoms with Crippen molar-refractivity contribution in [3.05, 3.63) is 41.2 Å². The zero-order valence-corrected chi connectivity index (χ0v) is 17.2. The molecule has 1 amide bonds. The number of hydrogen-bond donors (Lipinski definition) is 2. The SMILES string of the molecule is COc1ccc(C(=O)NCCCn2nc(C)cc2C)cc1S(=O)(=O)NC1CC1. The molecule has 1 aliphatic carbocycles. The van der Waals surface area contributed by atoms with Gasteiger partial charge >= 0.3 is 0 Å². The molecular formula is C19H26N4O4S. The van der Waals surface area contributed by atoms with Crippen LogP contribution in [0.3, 0.4) is 0 Å². The lowest BCUT2D eigenvalue weighted by Crippen LogP contribution is -2.28. The van der Waals surface area contributed by atoms with Crippen LogP contribution in [0.1, 0.15) is 41.0 Å². The Balaban J connectivity index is 1.63. The number of carbonyl (C=O) groups is 1. The Labute approximate surface area is 165 Å². The molecule has 0 spiro atoms. The third-order valence-corrected chi connectivity index (χ3v) is 6.09. The highest BCUT2D eigenvalue weighted by molar-refractivity contribution is 7.89. The lowest BCUT2D eigenvalue weighted by Gasteiger charge is -2.12. The molecule has 1 aromatic carbocycles. The second-order valence-electron chi connectivity index (χ2n) is 7.02. The summed E-state index contributed by atoms with van der Waals surface area (Å²) in [6, 6.07) is 6.41. The Morgan fingerprint density at radius 2 is 2.04 bits per heavy atom. The third-order valence-electron chi connectivity index (χ3n) is 4.55. The Morgan fingerprint density at radius 3 is 2.64 bits per heavy atom. The minimum absolute atomic E-state index is 0.0165. The maximum Gasteiger partial charge on any atom is 0.251 e. The fourth-order valence-electron chi connectivity index (χ4n) is 2.95. The first kappa shape index (κ1) is 20.3. The van der Waals surface area contributed by atoms with Crippen LogP contribution in [-0.4, -0.2) is 43.8 Å². The maximum absolute atomic E-state index is 12.6. The molecule has 0 unspecified atom stereocenters. The van der Waals surface area contributed by atoms with Crippen molar-refractivity contribution in [2.75, 3.05) is 13.7 Å². The smallest absolute Gasteiger partial charge is 0.251 e. The van der Waals surface area contributed by atoms with Crippen LogP contribution in [0, 0.1) is 13.8 Å². The van der Waals surface area contributed by atoms with Gasteiger partial charge in [-0.3, -0.25) is 9.48 Å². The van der Waals surface area contributed by atoms with Crippen LogP contribution < -0.4 is 14.8 Å². The van der Waals surface area contributed by atoms with E-state index in [-0.39, 0.29) is 28.2 Å². The number of methoxy groups -OCH3 is 1. The largest absolute Gasteiger partial charge is 0.495 e. The van der Waals surface area contributed by atoms with Crippen LogP contribution in [0.25, 0.3) is 0 Å². The summed E-state index contributed by atoms with van der Waals surface area (Å²) in [7, 11) is -2.32. The highest BCUT2D eigenvalue weighted by atomic mass is 32.2. The molecule has 1 fully saturated rings. The van der Waals surface area contributed by atoms with Crippen LogP contribution >= 0.6 is 0 Å². The standard InChI is InChI=1S/C19H26N4O4S/c1-13-11-14(2)23(21-13)10-4-9-20-19(24)15-5-8-17(27-3)18(12-15)28(25,26)22-16-6-7-16/h5,8,11-12,16,22H,4,6-7,9-10H2,1-3H3,(H,20,24). The van der Waals surface area contributed by atoms with Crippen LogP contribution in [0.4, 0.5) is 0 Å². The predicted molar refractivity (Wildman–Crippen MR) is 105 cm³/mol. The molecule has 28 heavy (non-hydrogen) atoms. The average molecular weight is 407 g/mol. The van der Waals surface area contributed by atoms with Gasteiger partial charge in [-0.15, -0.1) is 0 Å². The molecule has 3 rings (SSSR count). The molecule has 152 valence electrons. The van der Waals surface area contributed by atoms with Gasteiger partial charge in [0.1, 0.15) is 10.6 Å². The van der Waals surface area contributed by atoms with Crippen molar-refractivity contribution in [2.45, 2.75) is 50.6 Å². The summed E-state index contributed by atoms with van der Waals surface area (Å²) in [4.78, 5) is 12.4. The van der Waals surface area contributed by atoms with E-state index in [2.05, 4.69) is 15.1 Å². The lowest BCUT2D eigenvalue weighted by molar-refractivity contribution is 0.0952. The van der Waals surface area contributed by atoms with E-state index in [0.717, 1.165) is 30.7 Å². The van der Waals surface area contributed by atoms with E-state index >= 15 is 0 Å². The normalized spacial score (nSPS) is 14.1. The molecule has 0 atom stereocenters. The Bertz CT molecular complexity index is 964. The summed E-state index contributed by atoms with van der Waals surface area (Å²) in [5, 5.41) is 7.22. The first-order valence-electron chi connectivity index (χ1n) is 9.30. The van der Waals surface area contributed by atoms with Crippen LogP contribution in [0.5, 0.6) is 5.75 Å². The van der Waals surface area contributed by atoms with Gasteiger partial charge in [-0.1, -0.05) is 0 Å². The number of carbonyl (C=O) groups excluding carboxylic acids is 1.